The van der Waals surface area contributed by atoms with Gasteiger partial charge < -0.3 is 9.57 Å². The van der Waals surface area contributed by atoms with Gasteiger partial charge in [0.1, 0.15) is 11.5 Å². The highest BCUT2D eigenvalue weighted by atomic mass is 16.6. The van der Waals surface area contributed by atoms with Crippen molar-refractivity contribution in [2.75, 3.05) is 12.4 Å². The molecule has 3 aromatic rings. The number of nitrogens with zero attached hydrogens (tertiary/aromatic N) is 3. The zero-order valence-electron chi connectivity index (χ0n) is 14.5. The first-order chi connectivity index (χ1) is 13.2. The number of methoxy groups -OCH3 is 1. The molecule has 0 fully saturated rings. The van der Waals surface area contributed by atoms with E-state index in [1.54, 1.807) is 7.11 Å². The van der Waals surface area contributed by atoms with Gasteiger partial charge in [-0.05, 0) is 17.7 Å². The van der Waals surface area contributed by atoms with E-state index in [-0.39, 0.29) is 18.0 Å². The number of nitrogens with one attached hydrogen (secondary N) is 2. The Kier molecular flexibility index (Phi) is 4.52. The zero-order chi connectivity index (χ0) is 18.6. The van der Waals surface area contributed by atoms with Crippen molar-refractivity contribution >= 4 is 17.6 Å². The fourth-order valence-corrected chi connectivity index (χ4v) is 2.81. The number of H-pyrrole nitrogens is 1. The number of aromatic nitrogens is 3. The van der Waals surface area contributed by atoms with Crippen molar-refractivity contribution in [3.05, 3.63) is 60.2 Å². The number of anilines is 1. The molecule has 0 spiro atoms. The van der Waals surface area contributed by atoms with Crippen molar-refractivity contribution < 1.29 is 14.4 Å². The van der Waals surface area contributed by atoms with E-state index in [4.69, 9.17) is 9.57 Å². The summed E-state index contributed by atoms with van der Waals surface area (Å²) in [6.45, 7) is 0. The third kappa shape index (κ3) is 3.50. The lowest BCUT2D eigenvalue weighted by Gasteiger charge is -2.07. The zero-order valence-corrected chi connectivity index (χ0v) is 14.5. The van der Waals surface area contributed by atoms with E-state index < -0.39 is 0 Å². The Morgan fingerprint density at radius 1 is 1.19 bits per heavy atom. The van der Waals surface area contributed by atoms with E-state index in [0.717, 1.165) is 11.1 Å². The molecule has 0 saturated heterocycles. The van der Waals surface area contributed by atoms with Gasteiger partial charge in [-0.3, -0.25) is 15.2 Å². The van der Waals surface area contributed by atoms with Crippen molar-refractivity contribution in [1.29, 1.82) is 0 Å². The number of aromatic amines is 1. The van der Waals surface area contributed by atoms with Gasteiger partial charge in [-0.15, -0.1) is 5.10 Å². The van der Waals surface area contributed by atoms with Gasteiger partial charge in [0.15, 0.2) is 11.9 Å². The number of carbonyl (C=O) groups excluding carboxylic acids is 1. The van der Waals surface area contributed by atoms with E-state index in [1.165, 1.54) is 0 Å². The Labute approximate surface area is 155 Å². The second-order valence-electron chi connectivity index (χ2n) is 5.91. The molecule has 2 aromatic carbocycles. The minimum atomic E-state index is -0.390. The third-order valence-electron chi connectivity index (χ3n) is 4.18. The van der Waals surface area contributed by atoms with E-state index in [0.29, 0.717) is 23.7 Å². The molecule has 0 unspecified atom stereocenters. The normalized spacial score (nSPS) is 15.7. The number of benzene rings is 2. The Morgan fingerprint density at radius 2 is 1.96 bits per heavy atom. The smallest absolute Gasteiger partial charge is 0.276 e. The summed E-state index contributed by atoms with van der Waals surface area (Å²) in [6, 6.07) is 17.1. The number of para-hydroxylation sites is 1. The molecule has 2 N–H and O–H groups in total. The van der Waals surface area contributed by atoms with Crippen LogP contribution in [-0.4, -0.2) is 33.9 Å². The predicted molar refractivity (Wildman–Crippen MR) is 99.3 cm³/mol. The van der Waals surface area contributed by atoms with Crippen molar-refractivity contribution in [3.63, 3.8) is 0 Å². The van der Waals surface area contributed by atoms with Gasteiger partial charge in [0.25, 0.3) is 5.91 Å². The van der Waals surface area contributed by atoms with Gasteiger partial charge in [0.2, 0.25) is 5.95 Å². The molecule has 0 bridgehead atoms. The standard InChI is InChI=1S/C19H17N5O3/c1-26-15-10-6-5-9-13(15)17-20-19(23-22-17)21-18(25)14-11-16(27-24-14)12-7-3-2-4-8-12/h2-10,16H,11H2,1H3,(H2,20,21,22,23,25)/t16-/m1/s1. The number of rotatable bonds is 5. The molecule has 0 radical (unpaired) electrons. The largest absolute Gasteiger partial charge is 0.496 e. The lowest BCUT2D eigenvalue weighted by Crippen LogP contribution is -2.22. The van der Waals surface area contributed by atoms with Crippen LogP contribution in [0.25, 0.3) is 11.4 Å². The van der Waals surface area contributed by atoms with Crippen LogP contribution in [0, 0.1) is 0 Å². The monoisotopic (exact) mass is 363 g/mol. The molecule has 1 aromatic heterocycles. The van der Waals surface area contributed by atoms with E-state index in [2.05, 4.69) is 25.7 Å². The molecule has 8 nitrogen and oxygen atoms in total. The average Bonchev–Trinajstić information content (AvgIpc) is 3.38. The van der Waals surface area contributed by atoms with Crippen molar-refractivity contribution in [1.82, 2.24) is 15.2 Å². The number of ether oxygens (including phenoxy) is 1. The molecular weight excluding hydrogens is 346 g/mol. The van der Waals surface area contributed by atoms with Gasteiger partial charge in [-0.2, -0.15) is 4.98 Å². The summed E-state index contributed by atoms with van der Waals surface area (Å²) in [7, 11) is 1.58. The van der Waals surface area contributed by atoms with Crippen LogP contribution >= 0.6 is 0 Å². The first-order valence-electron chi connectivity index (χ1n) is 8.39. The maximum absolute atomic E-state index is 12.4. The molecule has 1 atom stereocenters. The maximum Gasteiger partial charge on any atom is 0.276 e. The van der Waals surface area contributed by atoms with Crippen LogP contribution in [0.5, 0.6) is 5.75 Å². The van der Waals surface area contributed by atoms with Crippen LogP contribution < -0.4 is 10.1 Å². The molecule has 0 aliphatic carbocycles. The first-order valence-corrected chi connectivity index (χ1v) is 8.39. The van der Waals surface area contributed by atoms with Gasteiger partial charge in [-0.1, -0.05) is 47.6 Å². The molecule has 4 rings (SSSR count). The van der Waals surface area contributed by atoms with Gasteiger partial charge in [0, 0.05) is 6.42 Å². The molecule has 1 aliphatic heterocycles. The average molecular weight is 363 g/mol. The van der Waals surface area contributed by atoms with Gasteiger partial charge >= 0.3 is 0 Å². The minimum Gasteiger partial charge on any atom is -0.496 e. The van der Waals surface area contributed by atoms with Crippen LogP contribution in [-0.2, 0) is 9.63 Å². The summed E-state index contributed by atoms with van der Waals surface area (Å²) in [6.07, 6.45) is 0.128. The molecule has 1 aliphatic rings. The fourth-order valence-electron chi connectivity index (χ4n) is 2.81. The Morgan fingerprint density at radius 3 is 2.78 bits per heavy atom. The lowest BCUT2D eigenvalue weighted by atomic mass is 10.0. The quantitative estimate of drug-likeness (QED) is 0.726. The molecule has 136 valence electrons. The predicted octanol–water partition coefficient (Wildman–Crippen LogP) is 2.94. The van der Waals surface area contributed by atoms with Crippen LogP contribution in [0.2, 0.25) is 0 Å². The molecular formula is C19H17N5O3. The lowest BCUT2D eigenvalue weighted by molar-refractivity contribution is -0.110. The minimum absolute atomic E-state index is 0.159. The van der Waals surface area contributed by atoms with Crippen molar-refractivity contribution in [2.45, 2.75) is 12.5 Å². The summed E-state index contributed by atoms with van der Waals surface area (Å²) in [5, 5.41) is 13.4. The summed E-state index contributed by atoms with van der Waals surface area (Å²) in [5.41, 5.74) is 2.02. The maximum atomic E-state index is 12.4. The van der Waals surface area contributed by atoms with Crippen LogP contribution in [0.4, 0.5) is 5.95 Å². The number of hydrogen-bond acceptors (Lipinski definition) is 6. The summed E-state index contributed by atoms with van der Waals surface area (Å²) < 4.78 is 5.31. The third-order valence-corrected chi connectivity index (χ3v) is 4.18. The highest BCUT2D eigenvalue weighted by Crippen LogP contribution is 2.28. The van der Waals surface area contributed by atoms with Crippen molar-refractivity contribution in [2.24, 2.45) is 5.16 Å². The highest BCUT2D eigenvalue weighted by molar-refractivity contribution is 6.43. The Bertz CT molecular complexity index is 984. The van der Waals surface area contributed by atoms with Crippen LogP contribution in [0.3, 0.4) is 0 Å². The SMILES string of the molecule is COc1ccccc1-c1nc(NC(=O)C2=NO[C@@H](c3ccccc3)C2)n[nH]1. The molecule has 2 heterocycles. The summed E-state index contributed by atoms with van der Waals surface area (Å²) >= 11 is 0. The second-order valence-corrected chi connectivity index (χ2v) is 5.91. The number of amides is 1. The fraction of sp³-hybridized carbons (Fsp3) is 0.158. The van der Waals surface area contributed by atoms with Gasteiger partial charge in [0.05, 0.1) is 12.7 Å². The number of carbonyl (C=O) groups is 1. The Balaban J connectivity index is 1.43. The molecule has 8 heteroatoms. The van der Waals surface area contributed by atoms with Crippen LogP contribution in [0.1, 0.15) is 18.1 Å². The van der Waals surface area contributed by atoms with Gasteiger partial charge in [-0.25, -0.2) is 0 Å². The van der Waals surface area contributed by atoms with E-state index >= 15 is 0 Å². The van der Waals surface area contributed by atoms with E-state index in [9.17, 15) is 4.79 Å². The van der Waals surface area contributed by atoms with Crippen molar-refractivity contribution in [3.8, 4) is 17.1 Å². The van der Waals surface area contributed by atoms with E-state index in [1.807, 2.05) is 54.6 Å². The second kappa shape index (κ2) is 7.28. The number of oxime groups is 1. The molecule has 27 heavy (non-hydrogen) atoms. The summed E-state index contributed by atoms with van der Waals surface area (Å²) in [4.78, 5) is 22.1. The molecule has 0 saturated carbocycles. The highest BCUT2D eigenvalue weighted by Gasteiger charge is 2.28. The summed E-state index contributed by atoms with van der Waals surface area (Å²) in [5.74, 6) is 0.922. The van der Waals surface area contributed by atoms with Crippen LogP contribution in [0.15, 0.2) is 59.8 Å². The number of hydrogen-bond donors (Lipinski definition) is 2. The first kappa shape index (κ1) is 16.8. The molecule has 1 amide bonds. The topological polar surface area (TPSA) is 101 Å². The Hall–Kier alpha value is -3.68.